The summed E-state index contributed by atoms with van der Waals surface area (Å²) in [5, 5.41) is 1.71. The van der Waals surface area contributed by atoms with Crippen molar-refractivity contribution in [2.24, 2.45) is 14.1 Å². The Kier molecular flexibility index (Phi) is 4.77. The fraction of sp³-hybridized carbons (Fsp3) is 0.474. The Hall–Kier alpha value is -2.26. The Bertz CT molecular complexity index is 1260. The second-order valence-corrected chi connectivity index (χ2v) is 9.67. The van der Waals surface area contributed by atoms with Gasteiger partial charge < -0.3 is 0 Å². The molecular formula is C19H21ClN6O2S. The zero-order valence-electron chi connectivity index (χ0n) is 16.9. The molecule has 0 aromatic carbocycles. The minimum absolute atomic E-state index is 0.287. The predicted molar refractivity (Wildman–Crippen MR) is 112 cm³/mol. The van der Waals surface area contributed by atoms with Crippen LogP contribution in [0.15, 0.2) is 25.7 Å². The lowest BCUT2D eigenvalue weighted by Crippen LogP contribution is -2.38. The second-order valence-electron chi connectivity index (χ2n) is 8.27. The third-order valence-corrected chi connectivity index (χ3v) is 5.87. The molecule has 0 N–H and O–H groups in total. The summed E-state index contributed by atoms with van der Waals surface area (Å²) in [6.45, 7) is 5.94. The summed E-state index contributed by atoms with van der Waals surface area (Å²) < 4.78 is 2.44. The van der Waals surface area contributed by atoms with E-state index in [2.05, 4.69) is 19.9 Å². The van der Waals surface area contributed by atoms with Crippen LogP contribution in [0.1, 0.15) is 51.2 Å². The summed E-state index contributed by atoms with van der Waals surface area (Å²) in [6, 6.07) is 1.66. The molecule has 0 spiro atoms. The number of hydrogen-bond acceptors (Lipinski definition) is 7. The summed E-state index contributed by atoms with van der Waals surface area (Å²) in [6.07, 6.45) is 2.11. The lowest BCUT2D eigenvalue weighted by Gasteiger charge is -2.19. The molecule has 0 radical (unpaired) electrons. The van der Waals surface area contributed by atoms with Gasteiger partial charge in [-0.3, -0.25) is 13.9 Å². The van der Waals surface area contributed by atoms with Crippen molar-refractivity contribution in [2.45, 2.75) is 55.0 Å². The van der Waals surface area contributed by atoms with Gasteiger partial charge in [0.05, 0.1) is 0 Å². The van der Waals surface area contributed by atoms with Crippen molar-refractivity contribution in [1.82, 2.24) is 29.1 Å². The Morgan fingerprint density at radius 2 is 1.76 bits per heavy atom. The van der Waals surface area contributed by atoms with Gasteiger partial charge in [-0.05, 0) is 24.6 Å². The maximum Gasteiger partial charge on any atom is 0.332 e. The first-order valence-electron chi connectivity index (χ1n) is 9.27. The normalized spacial score (nSPS) is 14.6. The molecule has 0 amide bonds. The van der Waals surface area contributed by atoms with E-state index >= 15 is 0 Å². The minimum Gasteiger partial charge on any atom is -0.280 e. The van der Waals surface area contributed by atoms with Crippen LogP contribution in [0, 0.1) is 0 Å². The molecule has 8 nitrogen and oxygen atoms in total. The van der Waals surface area contributed by atoms with Gasteiger partial charge in [-0.25, -0.2) is 24.7 Å². The van der Waals surface area contributed by atoms with Crippen LogP contribution < -0.4 is 11.2 Å². The van der Waals surface area contributed by atoms with Gasteiger partial charge in [0.1, 0.15) is 32.2 Å². The molecule has 1 aliphatic carbocycles. The molecule has 1 aliphatic rings. The molecule has 152 valence electrons. The van der Waals surface area contributed by atoms with Crippen molar-refractivity contribution in [3.8, 4) is 0 Å². The fourth-order valence-electron chi connectivity index (χ4n) is 2.93. The van der Waals surface area contributed by atoms with Gasteiger partial charge in [-0.2, -0.15) is 0 Å². The molecule has 0 saturated heterocycles. The smallest absolute Gasteiger partial charge is 0.280 e. The summed E-state index contributed by atoms with van der Waals surface area (Å²) in [5.41, 5.74) is -0.932. The Morgan fingerprint density at radius 1 is 1.07 bits per heavy atom. The number of nitrogens with zero attached hydrogens (tertiary/aromatic N) is 6. The van der Waals surface area contributed by atoms with Crippen LogP contribution in [0.2, 0.25) is 5.15 Å². The summed E-state index contributed by atoms with van der Waals surface area (Å²) in [4.78, 5) is 43.5. The van der Waals surface area contributed by atoms with Crippen LogP contribution in [-0.4, -0.2) is 29.1 Å². The highest BCUT2D eigenvalue weighted by Gasteiger charge is 2.28. The number of halogens is 1. The van der Waals surface area contributed by atoms with Crippen molar-refractivity contribution in [3.63, 3.8) is 0 Å². The average molecular weight is 433 g/mol. The molecule has 4 rings (SSSR count). The molecule has 29 heavy (non-hydrogen) atoms. The zero-order valence-corrected chi connectivity index (χ0v) is 18.4. The first-order valence-corrected chi connectivity index (χ1v) is 10.5. The quantitative estimate of drug-likeness (QED) is 0.587. The number of aromatic nitrogens is 6. The van der Waals surface area contributed by atoms with Crippen LogP contribution >= 0.6 is 23.4 Å². The molecule has 3 aromatic heterocycles. The molecule has 1 fully saturated rings. The van der Waals surface area contributed by atoms with Gasteiger partial charge >= 0.3 is 5.69 Å². The van der Waals surface area contributed by atoms with E-state index < -0.39 is 11.2 Å². The third kappa shape index (κ3) is 3.69. The zero-order chi connectivity index (χ0) is 21.1. The molecule has 0 bridgehead atoms. The van der Waals surface area contributed by atoms with E-state index in [1.165, 1.54) is 23.4 Å². The monoisotopic (exact) mass is 432 g/mol. The van der Waals surface area contributed by atoms with Crippen LogP contribution in [0.3, 0.4) is 0 Å². The summed E-state index contributed by atoms with van der Waals surface area (Å²) >= 11 is 7.45. The van der Waals surface area contributed by atoms with Crippen molar-refractivity contribution >= 4 is 34.4 Å². The number of aryl methyl sites for hydroxylation is 1. The Labute approximate surface area is 176 Å². The van der Waals surface area contributed by atoms with Crippen molar-refractivity contribution in [1.29, 1.82) is 0 Å². The highest BCUT2D eigenvalue weighted by atomic mass is 35.5. The predicted octanol–water partition coefficient (Wildman–Crippen LogP) is 2.80. The van der Waals surface area contributed by atoms with Gasteiger partial charge in [-0.15, -0.1) is 0 Å². The van der Waals surface area contributed by atoms with Crippen molar-refractivity contribution < 1.29 is 0 Å². The molecule has 3 heterocycles. The van der Waals surface area contributed by atoms with Gasteiger partial charge in [0.15, 0.2) is 5.65 Å². The van der Waals surface area contributed by atoms with Crippen LogP contribution in [-0.2, 0) is 19.5 Å². The lowest BCUT2D eigenvalue weighted by molar-refractivity contribution is 0.539. The van der Waals surface area contributed by atoms with Crippen LogP contribution in [0.4, 0.5) is 0 Å². The SMILES string of the molecule is Cn1c(=O)c2c(Sc3cc(Cl)nc(C4CC4)n3)nc(C(C)(C)C)nc2n(C)c1=O. The second kappa shape index (κ2) is 6.91. The first-order chi connectivity index (χ1) is 13.6. The highest BCUT2D eigenvalue weighted by molar-refractivity contribution is 7.99. The topological polar surface area (TPSA) is 95.6 Å². The van der Waals surface area contributed by atoms with Gasteiger partial charge in [0, 0.05) is 31.5 Å². The number of rotatable bonds is 3. The standard InChI is InChI=1S/C19H21ClN6O2S/c1-19(2,3)17-23-14-12(16(27)26(5)18(28)25(14)4)15(24-17)29-11-8-10(20)21-13(22-11)9-6-7-9/h8-9H,6-7H2,1-5H3. The fourth-order valence-corrected chi connectivity index (χ4v) is 4.10. The first kappa shape index (κ1) is 20.0. The summed E-state index contributed by atoms with van der Waals surface area (Å²) in [7, 11) is 3.05. The van der Waals surface area contributed by atoms with Crippen molar-refractivity contribution in [3.05, 3.63) is 43.7 Å². The Morgan fingerprint density at radius 3 is 2.38 bits per heavy atom. The average Bonchev–Trinajstić information content (AvgIpc) is 3.48. The largest absolute Gasteiger partial charge is 0.332 e. The van der Waals surface area contributed by atoms with Crippen LogP contribution in [0.25, 0.3) is 11.0 Å². The molecular weight excluding hydrogens is 412 g/mol. The number of fused-ring (bicyclic) bond motifs is 1. The molecule has 3 aromatic rings. The highest BCUT2D eigenvalue weighted by Crippen LogP contribution is 2.40. The third-order valence-electron chi connectivity index (χ3n) is 4.77. The van der Waals surface area contributed by atoms with E-state index in [9.17, 15) is 9.59 Å². The van der Waals surface area contributed by atoms with E-state index in [1.54, 1.807) is 13.1 Å². The molecule has 0 unspecified atom stereocenters. The molecule has 0 aliphatic heterocycles. The number of hydrogen-bond donors (Lipinski definition) is 0. The van der Waals surface area contributed by atoms with Gasteiger partial charge in [0.2, 0.25) is 0 Å². The van der Waals surface area contributed by atoms with E-state index in [4.69, 9.17) is 11.6 Å². The molecule has 10 heteroatoms. The van der Waals surface area contributed by atoms with E-state index in [0.29, 0.717) is 32.6 Å². The molecule has 1 saturated carbocycles. The maximum absolute atomic E-state index is 12.9. The van der Waals surface area contributed by atoms with Gasteiger partial charge in [-0.1, -0.05) is 32.4 Å². The van der Waals surface area contributed by atoms with Crippen molar-refractivity contribution in [2.75, 3.05) is 0 Å². The van der Waals surface area contributed by atoms with E-state index in [0.717, 1.165) is 23.2 Å². The molecule has 0 atom stereocenters. The van der Waals surface area contributed by atoms with Gasteiger partial charge in [0.25, 0.3) is 5.56 Å². The van der Waals surface area contributed by atoms with E-state index in [-0.39, 0.29) is 10.8 Å². The maximum atomic E-state index is 12.9. The Balaban J connectivity index is 1.98. The van der Waals surface area contributed by atoms with Crippen LogP contribution in [0.5, 0.6) is 0 Å². The lowest BCUT2D eigenvalue weighted by atomic mass is 9.96. The minimum atomic E-state index is -0.436. The van der Waals surface area contributed by atoms with E-state index in [1.807, 2.05) is 20.8 Å². The summed E-state index contributed by atoms with van der Waals surface area (Å²) in [5.74, 6) is 1.60.